The molecule has 1 aliphatic heterocycles. The van der Waals surface area contributed by atoms with E-state index in [4.69, 9.17) is 42.1 Å². The standard InChI is InChI=1S/C32H27Cl2N3O8S/c1-4-43-25-11-8-19(13-26(25)44-5-2)28-23(31(39)42-3)16-35-32-36(28)30(38)27(46-32)14-20-12-21(33)15-24(34)29(20)45-17-18-6-9-22(10-7-18)37(40)41/h6-16,28H,4-5,17H2,1-3H3/b27-14+/t28-/m0/s1. The number of hydrogen-bond acceptors (Lipinski definition) is 10. The van der Waals surface area contributed by atoms with Gasteiger partial charge in [0.15, 0.2) is 16.3 Å². The number of rotatable bonds is 11. The summed E-state index contributed by atoms with van der Waals surface area (Å²) in [6.07, 6.45) is 2.99. The quantitative estimate of drug-likeness (QED) is 0.113. The highest BCUT2D eigenvalue weighted by molar-refractivity contribution is 7.07. The Labute approximate surface area is 276 Å². The minimum absolute atomic E-state index is 0.0441. The highest BCUT2D eigenvalue weighted by Gasteiger charge is 2.31. The fraction of sp³-hybridized carbons (Fsp3) is 0.219. The van der Waals surface area contributed by atoms with Crippen molar-refractivity contribution in [3.05, 3.63) is 123 Å². The maximum Gasteiger partial charge on any atom is 0.337 e. The van der Waals surface area contributed by atoms with Gasteiger partial charge in [-0.3, -0.25) is 19.5 Å². The van der Waals surface area contributed by atoms with Crippen LogP contribution >= 0.6 is 34.5 Å². The van der Waals surface area contributed by atoms with E-state index in [1.165, 1.54) is 36.1 Å². The van der Waals surface area contributed by atoms with E-state index in [9.17, 15) is 19.7 Å². The van der Waals surface area contributed by atoms with Gasteiger partial charge < -0.3 is 18.9 Å². The lowest BCUT2D eigenvalue weighted by atomic mass is 9.97. The Hall–Kier alpha value is -4.65. The molecule has 1 aliphatic rings. The van der Waals surface area contributed by atoms with Crippen LogP contribution in [0.3, 0.4) is 0 Å². The molecule has 11 nitrogen and oxygen atoms in total. The number of carbonyl (C=O) groups excluding carboxylic acids is 1. The summed E-state index contributed by atoms with van der Waals surface area (Å²) in [5.74, 6) is 0.616. The number of ether oxygens (including phenoxy) is 4. The van der Waals surface area contributed by atoms with Crippen LogP contribution in [0.2, 0.25) is 10.0 Å². The van der Waals surface area contributed by atoms with Crippen LogP contribution in [0, 0.1) is 10.1 Å². The second kappa shape index (κ2) is 14.2. The van der Waals surface area contributed by atoms with Gasteiger partial charge >= 0.3 is 5.97 Å². The lowest BCUT2D eigenvalue weighted by Gasteiger charge is -2.23. The van der Waals surface area contributed by atoms with Gasteiger partial charge in [0.2, 0.25) is 0 Å². The number of thiazole rings is 1. The van der Waals surface area contributed by atoms with Crippen LogP contribution in [0.5, 0.6) is 17.2 Å². The molecule has 1 aromatic heterocycles. The molecule has 0 saturated carbocycles. The van der Waals surface area contributed by atoms with Crippen molar-refractivity contribution in [2.45, 2.75) is 26.5 Å². The lowest BCUT2D eigenvalue weighted by Crippen LogP contribution is -2.39. The van der Waals surface area contributed by atoms with Crippen LogP contribution in [-0.4, -0.2) is 35.8 Å². The SMILES string of the molecule is CCOc1ccc([C@H]2C(C(=O)OC)=CN=c3s/c(=C/c4cc(Cl)cc(Cl)c4OCc4ccc([N+](=O)[O-])cc4)c(=O)n32)cc1OCC. The third kappa shape index (κ3) is 6.79. The number of non-ortho nitro benzene ring substituents is 1. The Kier molecular flexibility index (Phi) is 10.1. The largest absolute Gasteiger partial charge is 0.490 e. The van der Waals surface area contributed by atoms with Crippen molar-refractivity contribution in [1.29, 1.82) is 0 Å². The Morgan fingerprint density at radius 3 is 2.43 bits per heavy atom. The van der Waals surface area contributed by atoms with E-state index in [2.05, 4.69) is 4.99 Å². The first-order chi connectivity index (χ1) is 22.1. The van der Waals surface area contributed by atoms with Crippen molar-refractivity contribution in [1.82, 2.24) is 4.57 Å². The monoisotopic (exact) mass is 683 g/mol. The first-order valence-corrected chi connectivity index (χ1v) is 15.6. The number of hydrogen-bond donors (Lipinski definition) is 0. The molecular weight excluding hydrogens is 657 g/mol. The topological polar surface area (TPSA) is 131 Å². The van der Waals surface area contributed by atoms with Crippen LogP contribution in [-0.2, 0) is 16.1 Å². The fourth-order valence-electron chi connectivity index (χ4n) is 4.84. The number of nitrogens with zero attached hydrogens (tertiary/aromatic N) is 3. The zero-order valence-electron chi connectivity index (χ0n) is 24.8. The molecule has 0 bridgehead atoms. The lowest BCUT2D eigenvalue weighted by molar-refractivity contribution is -0.384. The third-order valence-electron chi connectivity index (χ3n) is 6.86. The summed E-state index contributed by atoms with van der Waals surface area (Å²) in [4.78, 5) is 42.3. The Morgan fingerprint density at radius 2 is 1.76 bits per heavy atom. The van der Waals surface area contributed by atoms with E-state index >= 15 is 0 Å². The van der Waals surface area contributed by atoms with Gasteiger partial charge in [-0.1, -0.05) is 40.6 Å². The zero-order chi connectivity index (χ0) is 33.0. The number of fused-ring (bicyclic) bond motifs is 1. The molecular formula is C32H27Cl2N3O8S. The van der Waals surface area contributed by atoms with Crippen molar-refractivity contribution < 1.29 is 28.7 Å². The van der Waals surface area contributed by atoms with Gasteiger partial charge in [0.1, 0.15) is 12.4 Å². The molecule has 1 atom stereocenters. The summed E-state index contributed by atoms with van der Waals surface area (Å²) in [7, 11) is 1.26. The minimum Gasteiger partial charge on any atom is -0.490 e. The van der Waals surface area contributed by atoms with Crippen molar-refractivity contribution >= 4 is 52.3 Å². The molecule has 0 spiro atoms. The molecule has 5 rings (SSSR count). The van der Waals surface area contributed by atoms with Crippen LogP contribution < -0.4 is 29.1 Å². The smallest absolute Gasteiger partial charge is 0.337 e. The number of nitro benzene ring substituents is 1. The molecule has 0 aliphatic carbocycles. The van der Waals surface area contributed by atoms with E-state index in [0.29, 0.717) is 51.2 Å². The van der Waals surface area contributed by atoms with Gasteiger partial charge in [0, 0.05) is 28.9 Å². The number of halogens is 2. The summed E-state index contributed by atoms with van der Waals surface area (Å²) in [6, 6.07) is 13.4. The van der Waals surface area contributed by atoms with Crippen LogP contribution in [0.1, 0.15) is 36.6 Å². The molecule has 0 radical (unpaired) electrons. The molecule has 2 heterocycles. The van der Waals surface area contributed by atoms with Gasteiger partial charge in [-0.2, -0.15) is 0 Å². The van der Waals surface area contributed by atoms with Gasteiger partial charge in [-0.25, -0.2) is 9.79 Å². The van der Waals surface area contributed by atoms with Crippen LogP contribution in [0.15, 0.2) is 76.2 Å². The Bertz CT molecular complexity index is 2020. The summed E-state index contributed by atoms with van der Waals surface area (Å²) >= 11 is 14.0. The highest BCUT2D eigenvalue weighted by Crippen LogP contribution is 2.36. The zero-order valence-corrected chi connectivity index (χ0v) is 27.1. The first-order valence-electron chi connectivity index (χ1n) is 14.0. The van der Waals surface area contributed by atoms with E-state index in [0.717, 1.165) is 11.3 Å². The van der Waals surface area contributed by atoms with E-state index < -0.39 is 22.5 Å². The molecule has 0 amide bonds. The summed E-state index contributed by atoms with van der Waals surface area (Å²) < 4.78 is 24.3. The van der Waals surface area contributed by atoms with Crippen LogP contribution in [0.4, 0.5) is 5.69 Å². The van der Waals surface area contributed by atoms with E-state index in [1.54, 1.807) is 42.5 Å². The first kappa shape index (κ1) is 32.7. The fourth-order valence-corrected chi connectivity index (χ4v) is 6.36. The van der Waals surface area contributed by atoms with Crippen molar-refractivity contribution in [2.75, 3.05) is 20.3 Å². The molecule has 0 N–H and O–H groups in total. The molecule has 14 heteroatoms. The van der Waals surface area contributed by atoms with E-state index in [-0.39, 0.29) is 33.2 Å². The number of nitro groups is 1. The Balaban J connectivity index is 1.60. The summed E-state index contributed by atoms with van der Waals surface area (Å²) in [5, 5.41) is 11.5. The van der Waals surface area contributed by atoms with Crippen molar-refractivity contribution in [2.24, 2.45) is 4.99 Å². The maximum absolute atomic E-state index is 14.1. The predicted molar refractivity (Wildman–Crippen MR) is 174 cm³/mol. The molecule has 0 saturated heterocycles. The average molecular weight is 685 g/mol. The normalized spacial score (nSPS) is 14.2. The Morgan fingerprint density at radius 1 is 1.04 bits per heavy atom. The predicted octanol–water partition coefficient (Wildman–Crippen LogP) is 5.61. The second-order valence-corrected chi connectivity index (χ2v) is 11.6. The molecule has 46 heavy (non-hydrogen) atoms. The van der Waals surface area contributed by atoms with Crippen molar-refractivity contribution in [3.8, 4) is 17.2 Å². The summed E-state index contributed by atoms with van der Waals surface area (Å²) in [5.41, 5.74) is 1.37. The van der Waals surface area contributed by atoms with Crippen molar-refractivity contribution in [3.63, 3.8) is 0 Å². The molecule has 4 aromatic rings. The molecule has 0 unspecified atom stereocenters. The van der Waals surface area contributed by atoms with Gasteiger partial charge in [-0.05, 0) is 67.4 Å². The number of benzene rings is 3. The number of carbonyl (C=O) groups is 1. The minimum atomic E-state index is -0.874. The maximum atomic E-state index is 14.1. The number of aromatic nitrogens is 1. The molecule has 238 valence electrons. The van der Waals surface area contributed by atoms with Gasteiger partial charge in [0.25, 0.3) is 11.2 Å². The van der Waals surface area contributed by atoms with Gasteiger partial charge in [0.05, 0.1) is 46.4 Å². The third-order valence-corrected chi connectivity index (χ3v) is 8.36. The second-order valence-electron chi connectivity index (χ2n) is 9.77. The summed E-state index contributed by atoms with van der Waals surface area (Å²) in [6.45, 7) is 4.55. The van der Waals surface area contributed by atoms with Crippen LogP contribution in [0.25, 0.3) is 6.08 Å². The average Bonchev–Trinajstić information content (AvgIpc) is 3.35. The molecule has 0 fully saturated rings. The van der Waals surface area contributed by atoms with E-state index in [1.807, 2.05) is 13.8 Å². The molecule has 3 aromatic carbocycles. The van der Waals surface area contributed by atoms with Gasteiger partial charge in [-0.15, -0.1) is 0 Å². The number of esters is 1. The highest BCUT2D eigenvalue weighted by atomic mass is 35.5. The number of methoxy groups -OCH3 is 1.